The van der Waals surface area contributed by atoms with Gasteiger partial charge >= 0.3 is 5.97 Å². The highest BCUT2D eigenvalue weighted by Crippen LogP contribution is 2.09. The molecule has 0 aliphatic carbocycles. The number of anilines is 1. The Morgan fingerprint density at radius 3 is 2.74 bits per heavy atom. The van der Waals surface area contributed by atoms with E-state index in [0.717, 1.165) is 5.56 Å². The summed E-state index contributed by atoms with van der Waals surface area (Å²) in [6.45, 7) is 1.92. The SMILES string of the molecule is Cc1cccc(NC(=O)CS(=O)CCCC(=O)O)c1. The number of carboxylic acids is 1. The van der Waals surface area contributed by atoms with Gasteiger partial charge in [-0.05, 0) is 31.0 Å². The molecule has 0 fully saturated rings. The summed E-state index contributed by atoms with van der Waals surface area (Å²) in [4.78, 5) is 21.9. The summed E-state index contributed by atoms with van der Waals surface area (Å²) in [5, 5.41) is 11.1. The van der Waals surface area contributed by atoms with Crippen LogP contribution in [0.5, 0.6) is 0 Å². The minimum Gasteiger partial charge on any atom is -0.481 e. The van der Waals surface area contributed by atoms with E-state index in [1.807, 2.05) is 25.1 Å². The Kier molecular flexibility index (Phi) is 6.21. The Balaban J connectivity index is 2.34. The van der Waals surface area contributed by atoms with Crippen molar-refractivity contribution in [2.75, 3.05) is 16.8 Å². The standard InChI is InChI=1S/C13H17NO4S/c1-10-4-2-5-11(8-10)14-12(15)9-19(18)7-3-6-13(16)17/h2,4-5,8H,3,6-7,9H2,1H3,(H,14,15)(H,16,17). The third-order valence-electron chi connectivity index (χ3n) is 2.36. The second-order valence-corrected chi connectivity index (χ2v) is 5.78. The fourth-order valence-electron chi connectivity index (χ4n) is 1.52. The smallest absolute Gasteiger partial charge is 0.303 e. The zero-order valence-corrected chi connectivity index (χ0v) is 11.5. The van der Waals surface area contributed by atoms with Gasteiger partial charge < -0.3 is 10.4 Å². The first kappa shape index (κ1) is 15.4. The molecule has 0 radical (unpaired) electrons. The van der Waals surface area contributed by atoms with Gasteiger partial charge in [-0.25, -0.2) is 0 Å². The topological polar surface area (TPSA) is 83.5 Å². The van der Waals surface area contributed by atoms with Gasteiger partial charge in [0.25, 0.3) is 0 Å². The molecule has 1 aromatic rings. The summed E-state index contributed by atoms with van der Waals surface area (Å²) in [6, 6.07) is 7.33. The van der Waals surface area contributed by atoms with E-state index in [4.69, 9.17) is 5.11 Å². The maximum atomic E-state index is 11.6. The number of hydrogen-bond donors (Lipinski definition) is 2. The zero-order valence-electron chi connectivity index (χ0n) is 10.7. The van der Waals surface area contributed by atoms with E-state index in [9.17, 15) is 13.8 Å². The van der Waals surface area contributed by atoms with E-state index >= 15 is 0 Å². The van der Waals surface area contributed by atoms with Crippen molar-refractivity contribution in [1.29, 1.82) is 0 Å². The van der Waals surface area contributed by atoms with E-state index in [1.165, 1.54) is 0 Å². The number of carbonyl (C=O) groups is 2. The molecule has 0 aliphatic rings. The fourth-order valence-corrected chi connectivity index (χ4v) is 2.50. The molecule has 1 rings (SSSR count). The Morgan fingerprint density at radius 1 is 1.37 bits per heavy atom. The fraction of sp³-hybridized carbons (Fsp3) is 0.385. The van der Waals surface area contributed by atoms with Crippen molar-refractivity contribution < 1.29 is 18.9 Å². The molecule has 0 heterocycles. The van der Waals surface area contributed by atoms with Gasteiger partial charge in [0.05, 0.1) is 0 Å². The molecule has 0 saturated heterocycles. The number of carboxylic acid groups (broad SMARTS) is 1. The maximum absolute atomic E-state index is 11.6. The third-order valence-corrected chi connectivity index (χ3v) is 3.68. The van der Waals surface area contributed by atoms with Crippen LogP contribution in [0.25, 0.3) is 0 Å². The number of amides is 1. The van der Waals surface area contributed by atoms with Crippen molar-refractivity contribution >= 4 is 28.4 Å². The molecule has 6 heteroatoms. The van der Waals surface area contributed by atoms with Crippen LogP contribution in [-0.4, -0.2) is 32.7 Å². The molecule has 2 N–H and O–H groups in total. The van der Waals surface area contributed by atoms with Gasteiger partial charge in [0.15, 0.2) is 0 Å². The minimum atomic E-state index is -1.32. The van der Waals surface area contributed by atoms with Crippen molar-refractivity contribution in [3.05, 3.63) is 29.8 Å². The molecular formula is C13H17NO4S. The van der Waals surface area contributed by atoms with Crippen LogP contribution in [0.1, 0.15) is 18.4 Å². The van der Waals surface area contributed by atoms with E-state index in [0.29, 0.717) is 12.1 Å². The number of rotatable bonds is 7. The van der Waals surface area contributed by atoms with Crippen LogP contribution in [0.3, 0.4) is 0 Å². The number of aliphatic carboxylic acids is 1. The Hall–Kier alpha value is -1.69. The highest BCUT2D eigenvalue weighted by molar-refractivity contribution is 7.85. The van der Waals surface area contributed by atoms with Crippen LogP contribution in [0, 0.1) is 6.92 Å². The molecule has 1 amide bonds. The average Bonchev–Trinajstić information content (AvgIpc) is 2.27. The number of hydrogen-bond acceptors (Lipinski definition) is 3. The highest BCUT2D eigenvalue weighted by Gasteiger charge is 2.09. The van der Waals surface area contributed by atoms with Crippen LogP contribution < -0.4 is 5.32 Å². The molecule has 104 valence electrons. The number of carbonyl (C=O) groups excluding carboxylic acids is 1. The number of benzene rings is 1. The summed E-state index contributed by atoms with van der Waals surface area (Å²) in [5.74, 6) is -1.11. The van der Waals surface area contributed by atoms with E-state index in [-0.39, 0.29) is 23.8 Å². The largest absolute Gasteiger partial charge is 0.481 e. The van der Waals surface area contributed by atoms with Crippen LogP contribution >= 0.6 is 0 Å². The lowest BCUT2D eigenvalue weighted by Gasteiger charge is -2.05. The lowest BCUT2D eigenvalue weighted by atomic mass is 10.2. The molecule has 0 bridgehead atoms. The van der Waals surface area contributed by atoms with Crippen molar-refractivity contribution in [2.45, 2.75) is 19.8 Å². The molecule has 1 unspecified atom stereocenters. The molecule has 1 atom stereocenters. The van der Waals surface area contributed by atoms with Gasteiger partial charge in [-0.15, -0.1) is 0 Å². The second-order valence-electron chi connectivity index (χ2n) is 4.20. The molecule has 1 aromatic carbocycles. The lowest BCUT2D eigenvalue weighted by Crippen LogP contribution is -2.21. The van der Waals surface area contributed by atoms with Crippen molar-refractivity contribution in [3.8, 4) is 0 Å². The van der Waals surface area contributed by atoms with Gasteiger partial charge in [-0.3, -0.25) is 13.8 Å². The van der Waals surface area contributed by atoms with Crippen molar-refractivity contribution in [3.63, 3.8) is 0 Å². The summed E-state index contributed by atoms with van der Waals surface area (Å²) in [5.41, 5.74) is 1.70. The summed E-state index contributed by atoms with van der Waals surface area (Å²) in [6.07, 6.45) is 0.297. The predicted octanol–water partition coefficient (Wildman–Crippen LogP) is 1.55. The van der Waals surface area contributed by atoms with Gasteiger partial charge in [0.1, 0.15) is 5.75 Å². The third kappa shape index (κ3) is 6.71. The number of aryl methyl sites for hydroxylation is 1. The molecule has 0 spiro atoms. The quantitative estimate of drug-likeness (QED) is 0.795. The van der Waals surface area contributed by atoms with E-state index in [2.05, 4.69) is 5.32 Å². The lowest BCUT2D eigenvalue weighted by molar-refractivity contribution is -0.137. The average molecular weight is 283 g/mol. The molecule has 0 saturated carbocycles. The summed E-state index contributed by atoms with van der Waals surface area (Å²) >= 11 is 0. The molecular weight excluding hydrogens is 266 g/mol. The zero-order chi connectivity index (χ0) is 14.3. The molecule has 19 heavy (non-hydrogen) atoms. The van der Waals surface area contributed by atoms with Crippen LogP contribution in [-0.2, 0) is 20.4 Å². The Morgan fingerprint density at radius 2 is 2.11 bits per heavy atom. The highest BCUT2D eigenvalue weighted by atomic mass is 32.2. The number of nitrogens with one attached hydrogen (secondary N) is 1. The van der Waals surface area contributed by atoms with Gasteiger partial charge in [0.2, 0.25) is 5.91 Å². The second kappa shape index (κ2) is 7.68. The molecule has 5 nitrogen and oxygen atoms in total. The first-order valence-electron chi connectivity index (χ1n) is 5.90. The summed E-state index contributed by atoms with van der Waals surface area (Å²) in [7, 11) is -1.32. The van der Waals surface area contributed by atoms with Crippen LogP contribution in [0.15, 0.2) is 24.3 Å². The normalized spacial score (nSPS) is 11.8. The van der Waals surface area contributed by atoms with Crippen LogP contribution in [0.2, 0.25) is 0 Å². The summed E-state index contributed by atoms with van der Waals surface area (Å²) < 4.78 is 11.5. The van der Waals surface area contributed by atoms with E-state index in [1.54, 1.807) is 6.07 Å². The minimum absolute atomic E-state index is 0.0226. The van der Waals surface area contributed by atoms with Crippen molar-refractivity contribution in [1.82, 2.24) is 0 Å². The van der Waals surface area contributed by atoms with Crippen LogP contribution in [0.4, 0.5) is 5.69 Å². The van der Waals surface area contributed by atoms with Gasteiger partial charge in [-0.2, -0.15) is 0 Å². The first-order valence-corrected chi connectivity index (χ1v) is 7.39. The monoisotopic (exact) mass is 283 g/mol. The maximum Gasteiger partial charge on any atom is 0.303 e. The molecule has 0 aliphatic heterocycles. The van der Waals surface area contributed by atoms with Gasteiger partial charge in [0, 0.05) is 28.7 Å². The van der Waals surface area contributed by atoms with Gasteiger partial charge in [-0.1, -0.05) is 12.1 Å². The Bertz CT molecular complexity index is 487. The van der Waals surface area contributed by atoms with Crippen molar-refractivity contribution in [2.24, 2.45) is 0 Å². The predicted molar refractivity (Wildman–Crippen MR) is 74.6 cm³/mol. The molecule has 0 aromatic heterocycles. The van der Waals surface area contributed by atoms with E-state index < -0.39 is 16.8 Å². The Labute approximate surface area is 114 Å². The first-order chi connectivity index (χ1) is 8.97.